The fraction of sp³-hybridized carbons (Fsp3) is 0.400. The van der Waals surface area contributed by atoms with Gasteiger partial charge in [-0.2, -0.15) is 4.98 Å². The second-order valence-corrected chi connectivity index (χ2v) is 9.26. The molecule has 3 heterocycles. The highest BCUT2D eigenvalue weighted by atomic mass is 79.9. The molecule has 0 atom stereocenters. The molecule has 1 aliphatic rings. The third-order valence-corrected chi connectivity index (χ3v) is 7.04. The summed E-state index contributed by atoms with van der Waals surface area (Å²) in [4.78, 5) is 14.0. The summed E-state index contributed by atoms with van der Waals surface area (Å²) in [6.07, 6.45) is 3.36. The molecule has 3 aromatic rings. The molecule has 0 radical (unpaired) electrons. The van der Waals surface area contributed by atoms with Gasteiger partial charge in [0, 0.05) is 28.0 Å². The van der Waals surface area contributed by atoms with Crippen LogP contribution >= 0.6 is 38.9 Å². The molecule has 0 unspecified atom stereocenters. The first-order valence-electron chi connectivity index (χ1n) is 9.06. The van der Waals surface area contributed by atoms with Crippen LogP contribution in [0.25, 0.3) is 21.3 Å². The van der Waals surface area contributed by atoms with Crippen LogP contribution in [0.5, 0.6) is 0 Å². The topological polar surface area (TPSA) is 29.0 Å². The third-order valence-electron chi connectivity index (χ3n) is 5.12. The second kappa shape index (κ2) is 7.45. The molecule has 3 nitrogen and oxygen atoms in total. The van der Waals surface area contributed by atoms with Gasteiger partial charge in [0.15, 0.2) is 0 Å². The van der Waals surface area contributed by atoms with Crippen molar-refractivity contribution in [2.24, 2.45) is 5.92 Å². The number of nitrogens with zero attached hydrogens (tertiary/aromatic N) is 3. The lowest BCUT2D eigenvalue weighted by atomic mass is 9.98. The maximum absolute atomic E-state index is 6.29. The summed E-state index contributed by atoms with van der Waals surface area (Å²) in [5.41, 5.74) is 2.49. The van der Waals surface area contributed by atoms with Crippen LogP contribution in [0.15, 0.2) is 28.7 Å². The molecular weight excluding hydrogens is 430 g/mol. The van der Waals surface area contributed by atoms with Crippen LogP contribution in [0.3, 0.4) is 0 Å². The first-order chi connectivity index (χ1) is 12.6. The highest BCUT2D eigenvalue weighted by Crippen LogP contribution is 2.43. The molecule has 0 spiro atoms. The molecule has 2 aromatic heterocycles. The molecule has 0 saturated carbocycles. The number of rotatable bonds is 3. The maximum Gasteiger partial charge on any atom is 0.225 e. The van der Waals surface area contributed by atoms with Crippen LogP contribution in [0, 0.1) is 5.92 Å². The van der Waals surface area contributed by atoms with Crippen LogP contribution < -0.4 is 4.90 Å². The van der Waals surface area contributed by atoms with Gasteiger partial charge in [-0.1, -0.05) is 41.9 Å². The Morgan fingerprint density at radius 2 is 1.88 bits per heavy atom. The van der Waals surface area contributed by atoms with Gasteiger partial charge in [0.1, 0.15) is 10.6 Å². The van der Waals surface area contributed by atoms with Gasteiger partial charge < -0.3 is 4.90 Å². The number of anilines is 1. The average molecular weight is 451 g/mol. The summed E-state index contributed by atoms with van der Waals surface area (Å²) in [5, 5.41) is 1.51. The summed E-state index contributed by atoms with van der Waals surface area (Å²) in [6, 6.07) is 8.53. The van der Waals surface area contributed by atoms with E-state index >= 15 is 0 Å². The van der Waals surface area contributed by atoms with E-state index in [1.807, 2.05) is 0 Å². The lowest BCUT2D eigenvalue weighted by Gasteiger charge is -2.31. The molecule has 136 valence electrons. The number of halogens is 2. The number of hydrogen-bond acceptors (Lipinski definition) is 4. The van der Waals surface area contributed by atoms with Gasteiger partial charge in [-0.15, -0.1) is 11.3 Å². The first-order valence-corrected chi connectivity index (χ1v) is 11.1. The summed E-state index contributed by atoms with van der Waals surface area (Å²) in [7, 11) is 0. The van der Waals surface area contributed by atoms with Gasteiger partial charge in [0.25, 0.3) is 0 Å². The van der Waals surface area contributed by atoms with Gasteiger partial charge in [-0.05, 0) is 54.5 Å². The lowest BCUT2D eigenvalue weighted by Crippen LogP contribution is -2.33. The Morgan fingerprint density at radius 1 is 1.19 bits per heavy atom. The van der Waals surface area contributed by atoms with Crippen molar-refractivity contribution in [2.45, 2.75) is 33.1 Å². The molecule has 0 bridgehead atoms. The number of thiophene rings is 1. The SMILES string of the molecule is CCc1sc2nc(Cl)nc(N3CCC(C)CC3)c2c1-c1ccc(Br)cc1. The fourth-order valence-corrected chi connectivity index (χ4v) is 5.23. The van der Waals surface area contributed by atoms with E-state index in [1.54, 1.807) is 11.3 Å². The van der Waals surface area contributed by atoms with E-state index in [-0.39, 0.29) is 0 Å². The van der Waals surface area contributed by atoms with Crippen LogP contribution in [-0.4, -0.2) is 23.1 Å². The Hall–Kier alpha value is -1.17. The zero-order valence-corrected chi connectivity index (χ0v) is 18.1. The van der Waals surface area contributed by atoms with E-state index in [2.05, 4.69) is 68.9 Å². The van der Waals surface area contributed by atoms with Crippen molar-refractivity contribution in [1.82, 2.24) is 9.97 Å². The predicted molar refractivity (Wildman–Crippen MR) is 116 cm³/mol. The molecule has 1 aliphatic heterocycles. The van der Waals surface area contributed by atoms with Crippen molar-refractivity contribution in [3.05, 3.63) is 38.9 Å². The predicted octanol–water partition coefficient (Wildman–Crippen LogP) is 6.57. The first kappa shape index (κ1) is 18.2. The Bertz CT molecular complexity index is 930. The number of aryl methyl sites for hydroxylation is 1. The third kappa shape index (κ3) is 3.37. The van der Waals surface area contributed by atoms with Crippen molar-refractivity contribution in [3.8, 4) is 11.1 Å². The van der Waals surface area contributed by atoms with Crippen molar-refractivity contribution >= 4 is 54.9 Å². The van der Waals surface area contributed by atoms with Crippen molar-refractivity contribution in [2.75, 3.05) is 18.0 Å². The molecule has 26 heavy (non-hydrogen) atoms. The normalized spacial score (nSPS) is 15.8. The van der Waals surface area contributed by atoms with Crippen molar-refractivity contribution < 1.29 is 0 Å². The monoisotopic (exact) mass is 449 g/mol. The minimum absolute atomic E-state index is 0.345. The number of fused-ring (bicyclic) bond motifs is 1. The highest BCUT2D eigenvalue weighted by Gasteiger charge is 2.25. The molecule has 1 fully saturated rings. The van der Waals surface area contributed by atoms with E-state index in [0.717, 1.165) is 45.9 Å². The molecule has 1 aromatic carbocycles. The van der Waals surface area contributed by atoms with Crippen LogP contribution in [0.4, 0.5) is 5.82 Å². The van der Waals surface area contributed by atoms with Crippen LogP contribution in [0.1, 0.15) is 31.6 Å². The summed E-state index contributed by atoms with van der Waals surface area (Å²) < 4.78 is 1.09. The van der Waals surface area contributed by atoms with Crippen LogP contribution in [0.2, 0.25) is 5.28 Å². The summed E-state index contributed by atoms with van der Waals surface area (Å²) in [5.74, 6) is 1.78. The molecule has 0 N–H and O–H groups in total. The molecule has 4 rings (SSSR count). The smallest absolute Gasteiger partial charge is 0.225 e. The largest absolute Gasteiger partial charge is 0.356 e. The molecule has 1 saturated heterocycles. The van der Waals surface area contributed by atoms with Crippen molar-refractivity contribution in [3.63, 3.8) is 0 Å². The fourth-order valence-electron chi connectivity index (χ4n) is 3.62. The van der Waals surface area contributed by atoms with Gasteiger partial charge in [0.2, 0.25) is 5.28 Å². The lowest BCUT2D eigenvalue weighted by molar-refractivity contribution is 0.437. The molecular formula is C20H21BrClN3S. The van der Waals surface area contributed by atoms with Gasteiger partial charge in [0.05, 0.1) is 5.39 Å². The van der Waals surface area contributed by atoms with Gasteiger partial charge in [-0.3, -0.25) is 0 Å². The number of piperidine rings is 1. The van der Waals surface area contributed by atoms with E-state index in [9.17, 15) is 0 Å². The second-order valence-electron chi connectivity index (χ2n) is 6.93. The van der Waals surface area contributed by atoms with Gasteiger partial charge in [-0.25, -0.2) is 4.98 Å². The summed E-state index contributed by atoms with van der Waals surface area (Å²) >= 11 is 11.6. The zero-order chi connectivity index (χ0) is 18.3. The van der Waals surface area contributed by atoms with E-state index in [0.29, 0.717) is 5.28 Å². The number of hydrogen-bond donors (Lipinski definition) is 0. The minimum atomic E-state index is 0.345. The standard InChI is InChI=1S/C20H21BrClN3S/c1-3-15-16(13-4-6-14(21)7-5-13)17-18(23-20(22)24-19(17)26-15)25-10-8-12(2)9-11-25/h4-7,12H,3,8-11H2,1-2H3. The summed E-state index contributed by atoms with van der Waals surface area (Å²) in [6.45, 7) is 6.58. The van der Waals surface area contributed by atoms with Crippen molar-refractivity contribution in [1.29, 1.82) is 0 Å². The zero-order valence-electron chi connectivity index (χ0n) is 14.9. The highest BCUT2D eigenvalue weighted by molar-refractivity contribution is 9.10. The maximum atomic E-state index is 6.29. The van der Waals surface area contributed by atoms with E-state index in [1.165, 1.54) is 28.8 Å². The Labute approximate surface area is 171 Å². The minimum Gasteiger partial charge on any atom is -0.356 e. The quantitative estimate of drug-likeness (QED) is 0.422. The molecule has 0 amide bonds. The number of aromatic nitrogens is 2. The molecule has 6 heteroatoms. The Balaban J connectivity index is 1.94. The average Bonchev–Trinajstić information content (AvgIpc) is 3.00. The Morgan fingerprint density at radius 3 is 2.54 bits per heavy atom. The molecule has 0 aliphatic carbocycles. The van der Waals surface area contributed by atoms with E-state index in [4.69, 9.17) is 11.6 Å². The van der Waals surface area contributed by atoms with E-state index < -0.39 is 0 Å². The van der Waals surface area contributed by atoms with Gasteiger partial charge >= 0.3 is 0 Å². The number of benzene rings is 1. The Kier molecular flexibility index (Phi) is 5.22. The van der Waals surface area contributed by atoms with Crippen LogP contribution in [-0.2, 0) is 6.42 Å².